The Bertz CT molecular complexity index is 2890. The van der Waals surface area contributed by atoms with Crippen molar-refractivity contribution in [1.29, 1.82) is 0 Å². The highest BCUT2D eigenvalue weighted by atomic mass is 15.1. The van der Waals surface area contributed by atoms with Crippen LogP contribution in [-0.2, 0) is 0 Å². The molecule has 0 heterocycles. The third kappa shape index (κ3) is 6.20. The Balaban J connectivity index is 1.02. The van der Waals surface area contributed by atoms with Crippen LogP contribution >= 0.6 is 0 Å². The highest BCUT2D eigenvalue weighted by molar-refractivity contribution is 6.13. The average molecular weight is 702 g/mol. The standard InChI is InChI=1S/C54H39N/c1-2-12-38(13-3-1)39-24-30-46(31-25-39)55(48-34-28-42(29-35-48)50-23-11-16-41-14-4-6-19-49(41)50)47-32-26-40(27-33-47)43-17-10-18-44(36-43)54-37-45-15-5-7-20-51(45)52-21-8-9-22-53(52)54/h1-24,26-30,32-37H,25,31H2. The quantitative estimate of drug-likeness (QED) is 0.150. The third-order valence-electron chi connectivity index (χ3n) is 11.2. The summed E-state index contributed by atoms with van der Waals surface area (Å²) in [6.45, 7) is 0. The van der Waals surface area contributed by atoms with E-state index in [2.05, 4.69) is 217 Å². The molecule has 1 nitrogen and oxygen atoms in total. The second-order valence-electron chi connectivity index (χ2n) is 14.4. The van der Waals surface area contributed by atoms with Crippen LogP contribution in [0.2, 0.25) is 0 Å². The first-order valence-corrected chi connectivity index (χ1v) is 19.2. The number of fused-ring (bicyclic) bond motifs is 4. The molecule has 9 aromatic rings. The molecule has 0 amide bonds. The van der Waals surface area contributed by atoms with E-state index in [1.54, 1.807) is 0 Å². The number of nitrogens with zero attached hydrogens (tertiary/aromatic N) is 1. The van der Waals surface area contributed by atoms with Crippen molar-refractivity contribution in [2.75, 3.05) is 4.90 Å². The SMILES string of the molecule is C1=C(c2ccccc2)CCC(N(c2ccc(-c3cccc(-c4cc5ccccc5c5ccccc45)c3)cc2)c2ccc(-c3cccc4ccccc34)cc2)=C1. The normalized spacial score (nSPS) is 12.8. The average Bonchev–Trinajstić information content (AvgIpc) is 3.27. The molecule has 9 aromatic carbocycles. The van der Waals surface area contributed by atoms with E-state index in [0.717, 1.165) is 24.2 Å². The predicted molar refractivity (Wildman–Crippen MR) is 236 cm³/mol. The van der Waals surface area contributed by atoms with Crippen LogP contribution in [0.15, 0.2) is 218 Å². The maximum Gasteiger partial charge on any atom is 0.0458 e. The van der Waals surface area contributed by atoms with Crippen molar-refractivity contribution in [2.24, 2.45) is 0 Å². The summed E-state index contributed by atoms with van der Waals surface area (Å²) in [5.74, 6) is 0. The van der Waals surface area contributed by atoms with Gasteiger partial charge in [-0.2, -0.15) is 0 Å². The Morgan fingerprint density at radius 1 is 0.309 bits per heavy atom. The van der Waals surface area contributed by atoms with Crippen molar-refractivity contribution in [3.63, 3.8) is 0 Å². The molecule has 0 aliphatic heterocycles. The van der Waals surface area contributed by atoms with Crippen LogP contribution in [0.4, 0.5) is 11.4 Å². The van der Waals surface area contributed by atoms with Gasteiger partial charge in [0.15, 0.2) is 0 Å². The van der Waals surface area contributed by atoms with E-state index in [1.165, 1.54) is 82.5 Å². The van der Waals surface area contributed by atoms with Crippen LogP contribution in [0.25, 0.3) is 71.3 Å². The molecular weight excluding hydrogens is 663 g/mol. The van der Waals surface area contributed by atoms with Crippen molar-refractivity contribution in [3.05, 3.63) is 224 Å². The summed E-state index contributed by atoms with van der Waals surface area (Å²) in [5, 5.41) is 7.66. The van der Waals surface area contributed by atoms with Crippen molar-refractivity contribution < 1.29 is 0 Å². The summed E-state index contributed by atoms with van der Waals surface area (Å²) in [5.41, 5.74) is 13.7. The van der Waals surface area contributed by atoms with Crippen molar-refractivity contribution in [3.8, 4) is 33.4 Å². The van der Waals surface area contributed by atoms with Crippen LogP contribution in [0, 0.1) is 0 Å². The summed E-state index contributed by atoms with van der Waals surface area (Å²) >= 11 is 0. The van der Waals surface area contributed by atoms with Gasteiger partial charge in [-0.05, 0) is 132 Å². The van der Waals surface area contributed by atoms with Crippen LogP contribution in [0.1, 0.15) is 18.4 Å². The Morgan fingerprint density at radius 2 is 0.891 bits per heavy atom. The fourth-order valence-electron chi connectivity index (χ4n) is 8.42. The van der Waals surface area contributed by atoms with Gasteiger partial charge < -0.3 is 4.90 Å². The summed E-state index contributed by atoms with van der Waals surface area (Å²) in [4.78, 5) is 2.44. The molecule has 0 saturated heterocycles. The van der Waals surface area contributed by atoms with Crippen LogP contribution in [0.5, 0.6) is 0 Å². The molecule has 1 heteroatoms. The van der Waals surface area contributed by atoms with Gasteiger partial charge in [0.25, 0.3) is 0 Å². The number of hydrogen-bond donors (Lipinski definition) is 0. The second-order valence-corrected chi connectivity index (χ2v) is 14.4. The van der Waals surface area contributed by atoms with E-state index >= 15 is 0 Å². The molecule has 55 heavy (non-hydrogen) atoms. The van der Waals surface area contributed by atoms with Crippen molar-refractivity contribution in [1.82, 2.24) is 0 Å². The summed E-state index contributed by atoms with van der Waals surface area (Å²) in [6, 6.07) is 73.0. The van der Waals surface area contributed by atoms with Crippen LogP contribution in [-0.4, -0.2) is 0 Å². The van der Waals surface area contributed by atoms with Gasteiger partial charge in [-0.25, -0.2) is 0 Å². The largest absolute Gasteiger partial charge is 0.314 e. The monoisotopic (exact) mass is 701 g/mol. The minimum Gasteiger partial charge on any atom is -0.314 e. The molecule has 260 valence electrons. The van der Waals surface area contributed by atoms with Gasteiger partial charge >= 0.3 is 0 Å². The third-order valence-corrected chi connectivity index (χ3v) is 11.2. The highest BCUT2D eigenvalue weighted by Crippen LogP contribution is 2.40. The zero-order chi connectivity index (χ0) is 36.6. The number of allylic oxidation sites excluding steroid dienone is 4. The van der Waals surface area contributed by atoms with E-state index in [0.29, 0.717) is 0 Å². The molecule has 10 rings (SSSR count). The van der Waals surface area contributed by atoms with E-state index < -0.39 is 0 Å². The lowest BCUT2D eigenvalue weighted by Gasteiger charge is -2.30. The van der Waals surface area contributed by atoms with Crippen molar-refractivity contribution >= 4 is 49.3 Å². The lowest BCUT2D eigenvalue weighted by Crippen LogP contribution is -2.17. The Kier molecular flexibility index (Phi) is 8.39. The minimum atomic E-state index is 0.954. The van der Waals surface area contributed by atoms with Gasteiger partial charge in [-0.15, -0.1) is 0 Å². The molecule has 0 fully saturated rings. The fourth-order valence-corrected chi connectivity index (χ4v) is 8.42. The second kappa shape index (κ2) is 14.1. The Morgan fingerprint density at radius 3 is 1.64 bits per heavy atom. The van der Waals surface area contributed by atoms with E-state index in [1.807, 2.05) is 0 Å². The molecule has 0 unspecified atom stereocenters. The number of hydrogen-bond acceptors (Lipinski definition) is 1. The zero-order valence-electron chi connectivity index (χ0n) is 30.6. The first kappa shape index (κ1) is 32.7. The van der Waals surface area contributed by atoms with E-state index in [-0.39, 0.29) is 0 Å². The molecule has 0 aromatic heterocycles. The minimum absolute atomic E-state index is 0.954. The molecule has 0 spiro atoms. The Hall–Kier alpha value is -6.96. The fraction of sp³-hybridized carbons (Fsp3) is 0.0370. The maximum absolute atomic E-state index is 2.44. The maximum atomic E-state index is 2.44. The first-order chi connectivity index (χ1) is 27.3. The summed E-state index contributed by atoms with van der Waals surface area (Å²) in [7, 11) is 0. The smallest absolute Gasteiger partial charge is 0.0458 e. The van der Waals surface area contributed by atoms with Crippen LogP contribution in [0.3, 0.4) is 0 Å². The number of benzene rings is 9. The predicted octanol–water partition coefficient (Wildman–Crippen LogP) is 15.0. The van der Waals surface area contributed by atoms with Gasteiger partial charge in [0.05, 0.1) is 0 Å². The van der Waals surface area contributed by atoms with E-state index in [9.17, 15) is 0 Å². The molecule has 1 aliphatic carbocycles. The topological polar surface area (TPSA) is 3.24 Å². The molecule has 0 N–H and O–H groups in total. The molecule has 0 atom stereocenters. The van der Waals surface area contributed by atoms with Gasteiger partial charge in [0, 0.05) is 17.1 Å². The van der Waals surface area contributed by atoms with Gasteiger partial charge in [0.2, 0.25) is 0 Å². The molecule has 0 saturated carbocycles. The summed E-state index contributed by atoms with van der Waals surface area (Å²) in [6.07, 6.45) is 6.57. The number of rotatable bonds is 7. The molecular formula is C54H39N. The van der Waals surface area contributed by atoms with Gasteiger partial charge in [0.1, 0.15) is 0 Å². The highest BCUT2D eigenvalue weighted by Gasteiger charge is 2.19. The summed E-state index contributed by atoms with van der Waals surface area (Å²) < 4.78 is 0. The first-order valence-electron chi connectivity index (χ1n) is 19.2. The lowest BCUT2D eigenvalue weighted by molar-refractivity contribution is 0.930. The van der Waals surface area contributed by atoms with Gasteiger partial charge in [-0.3, -0.25) is 0 Å². The van der Waals surface area contributed by atoms with E-state index in [4.69, 9.17) is 0 Å². The zero-order valence-corrected chi connectivity index (χ0v) is 30.6. The number of anilines is 2. The van der Waals surface area contributed by atoms with Gasteiger partial charge in [-0.1, -0.05) is 170 Å². The Labute approximate surface area is 322 Å². The van der Waals surface area contributed by atoms with Crippen LogP contribution < -0.4 is 4.90 Å². The lowest BCUT2D eigenvalue weighted by atomic mass is 9.92. The van der Waals surface area contributed by atoms with Crippen molar-refractivity contribution in [2.45, 2.75) is 12.8 Å². The molecule has 0 bridgehead atoms. The molecule has 1 aliphatic rings. The molecule has 0 radical (unpaired) electrons.